The summed E-state index contributed by atoms with van der Waals surface area (Å²) in [5.74, 6) is 0. The first kappa shape index (κ1) is 17.1. The fraction of sp³-hybridized carbons (Fsp3) is 0.615. The number of nitrogens with one attached hydrogen (secondary N) is 2. The van der Waals surface area contributed by atoms with Crippen LogP contribution in [0.3, 0.4) is 0 Å². The van der Waals surface area contributed by atoms with Gasteiger partial charge < -0.3 is 15.8 Å². The number of nitrogen functional groups attached to an aromatic ring is 1. The summed E-state index contributed by atoms with van der Waals surface area (Å²) in [7, 11) is 0. The van der Waals surface area contributed by atoms with Crippen molar-refractivity contribution in [1.82, 2.24) is 20.0 Å². The summed E-state index contributed by atoms with van der Waals surface area (Å²) in [5, 5.41) is 8.60. The maximum absolute atomic E-state index is 5.89. The van der Waals surface area contributed by atoms with E-state index >= 15 is 0 Å². The zero-order valence-corrected chi connectivity index (χ0v) is 14.5. The zero-order chi connectivity index (χ0) is 15.9. The Hall–Kier alpha value is -1.29. The third-order valence-electron chi connectivity index (χ3n) is 3.39. The van der Waals surface area contributed by atoms with Gasteiger partial charge in [0.15, 0.2) is 5.11 Å². The van der Waals surface area contributed by atoms with Crippen LogP contribution in [0, 0.1) is 6.92 Å². The van der Waals surface area contributed by atoms with Crippen LogP contribution in [0.15, 0.2) is 5.10 Å². The van der Waals surface area contributed by atoms with Crippen molar-refractivity contribution >= 4 is 39.6 Å². The summed E-state index contributed by atoms with van der Waals surface area (Å²) < 4.78 is 9.52. The molecule has 122 valence electrons. The topological polar surface area (TPSA) is 87.8 Å². The van der Waals surface area contributed by atoms with E-state index in [1.54, 1.807) is 0 Å². The van der Waals surface area contributed by atoms with Crippen LogP contribution in [-0.2, 0) is 4.74 Å². The third kappa shape index (κ3) is 4.87. The molecule has 1 aromatic heterocycles. The Labute approximate surface area is 140 Å². The molecule has 2 rings (SSSR count). The molecule has 1 aliphatic heterocycles. The van der Waals surface area contributed by atoms with Gasteiger partial charge in [-0.2, -0.15) is 9.47 Å². The van der Waals surface area contributed by atoms with Crippen LogP contribution in [0.25, 0.3) is 0 Å². The van der Waals surface area contributed by atoms with Crippen molar-refractivity contribution in [3.63, 3.8) is 0 Å². The quantitative estimate of drug-likeness (QED) is 0.409. The number of ether oxygens (including phenoxy) is 1. The van der Waals surface area contributed by atoms with Crippen LogP contribution in [0.2, 0.25) is 0 Å². The highest BCUT2D eigenvalue weighted by Gasteiger charge is 2.11. The molecule has 0 bridgehead atoms. The molecule has 1 aliphatic rings. The lowest BCUT2D eigenvalue weighted by Crippen LogP contribution is -2.42. The van der Waals surface area contributed by atoms with Gasteiger partial charge in [0, 0.05) is 26.2 Å². The van der Waals surface area contributed by atoms with Crippen molar-refractivity contribution in [2.75, 3.05) is 45.1 Å². The number of thiocarbonyl (C=S) groups is 1. The van der Waals surface area contributed by atoms with Gasteiger partial charge in [-0.15, -0.1) is 0 Å². The molecule has 0 radical (unpaired) electrons. The van der Waals surface area contributed by atoms with Gasteiger partial charge in [-0.1, -0.05) is 0 Å². The molecule has 0 unspecified atom stereocenters. The van der Waals surface area contributed by atoms with E-state index in [0.29, 0.717) is 10.1 Å². The maximum atomic E-state index is 5.89. The van der Waals surface area contributed by atoms with Crippen LogP contribution in [-0.4, -0.2) is 59.5 Å². The van der Waals surface area contributed by atoms with E-state index in [1.165, 1.54) is 11.5 Å². The molecule has 4 N–H and O–H groups in total. The molecule has 7 nitrogen and oxygen atoms in total. The van der Waals surface area contributed by atoms with Gasteiger partial charge in [-0.05, 0) is 37.6 Å². The smallest absolute Gasteiger partial charge is 0.187 e. The van der Waals surface area contributed by atoms with E-state index in [0.717, 1.165) is 56.4 Å². The second kappa shape index (κ2) is 8.37. The van der Waals surface area contributed by atoms with Crippen LogP contribution < -0.4 is 16.5 Å². The Morgan fingerprint density at radius 1 is 1.50 bits per heavy atom. The van der Waals surface area contributed by atoms with Crippen molar-refractivity contribution in [1.29, 1.82) is 0 Å². The number of hydrogen-bond donors (Lipinski definition) is 3. The van der Waals surface area contributed by atoms with Crippen LogP contribution in [0.4, 0.5) is 5.00 Å². The molecule has 0 saturated carbocycles. The summed E-state index contributed by atoms with van der Waals surface area (Å²) in [6.45, 7) is 9.08. The Morgan fingerprint density at radius 2 is 2.23 bits per heavy atom. The lowest BCUT2D eigenvalue weighted by Gasteiger charge is -2.26. The lowest BCUT2D eigenvalue weighted by molar-refractivity contribution is 0.0389. The molecule has 1 aromatic rings. The van der Waals surface area contributed by atoms with E-state index in [-0.39, 0.29) is 0 Å². The summed E-state index contributed by atoms with van der Waals surface area (Å²) >= 11 is 6.50. The molecule has 9 heteroatoms. The molecule has 0 aromatic carbocycles. The standard InChI is InChI=1S/C13H22N6OS2/c1-9(11-10(2)18-22-12(11)14)16-17-13(21)15-3-4-19-5-7-20-8-6-19/h3-8,14H2,1-2H3,(H2,15,17,21)/b16-9-. The fourth-order valence-corrected chi connectivity index (χ4v) is 3.07. The minimum absolute atomic E-state index is 0.507. The van der Waals surface area contributed by atoms with E-state index in [1.807, 2.05) is 13.8 Å². The van der Waals surface area contributed by atoms with Crippen molar-refractivity contribution in [3.8, 4) is 0 Å². The van der Waals surface area contributed by atoms with Crippen LogP contribution in [0.1, 0.15) is 18.2 Å². The summed E-state index contributed by atoms with van der Waals surface area (Å²) in [4.78, 5) is 2.34. The normalized spacial score (nSPS) is 16.5. The highest BCUT2D eigenvalue weighted by atomic mass is 32.1. The number of aromatic nitrogens is 1. The third-order valence-corrected chi connectivity index (χ3v) is 4.39. The summed E-state index contributed by atoms with van der Waals surface area (Å²) in [5.41, 5.74) is 11.3. The van der Waals surface area contributed by atoms with Crippen molar-refractivity contribution < 1.29 is 4.74 Å². The maximum Gasteiger partial charge on any atom is 0.187 e. The lowest BCUT2D eigenvalue weighted by atomic mass is 10.2. The average molecular weight is 342 g/mol. The largest absolute Gasteiger partial charge is 0.389 e. The molecule has 0 aliphatic carbocycles. The Kier molecular flexibility index (Phi) is 6.49. The zero-order valence-electron chi connectivity index (χ0n) is 12.9. The molecule has 2 heterocycles. The van der Waals surface area contributed by atoms with Crippen LogP contribution >= 0.6 is 23.8 Å². The first-order chi connectivity index (χ1) is 10.6. The Bertz CT molecular complexity index is 519. The average Bonchev–Trinajstić information content (AvgIpc) is 2.85. The van der Waals surface area contributed by atoms with Gasteiger partial charge in [0.25, 0.3) is 0 Å². The van der Waals surface area contributed by atoms with E-state index in [2.05, 4.69) is 25.1 Å². The molecule has 1 fully saturated rings. The van der Waals surface area contributed by atoms with E-state index in [9.17, 15) is 0 Å². The second-order valence-electron chi connectivity index (χ2n) is 5.03. The highest BCUT2D eigenvalue weighted by molar-refractivity contribution is 7.80. The van der Waals surface area contributed by atoms with Gasteiger partial charge in [0.05, 0.1) is 30.2 Å². The Morgan fingerprint density at radius 3 is 2.86 bits per heavy atom. The second-order valence-corrected chi connectivity index (χ2v) is 6.24. The van der Waals surface area contributed by atoms with Gasteiger partial charge >= 0.3 is 0 Å². The predicted octanol–water partition coefficient (Wildman–Crippen LogP) is 0.554. The molecular formula is C13H22N6OS2. The first-order valence-corrected chi connectivity index (χ1v) is 8.36. The molecule has 0 amide bonds. The number of nitrogens with zero attached hydrogens (tertiary/aromatic N) is 3. The minimum Gasteiger partial charge on any atom is -0.389 e. The van der Waals surface area contributed by atoms with Gasteiger partial charge in [0.1, 0.15) is 5.00 Å². The van der Waals surface area contributed by atoms with Crippen molar-refractivity contribution in [3.05, 3.63) is 11.3 Å². The molecular weight excluding hydrogens is 320 g/mol. The molecule has 1 saturated heterocycles. The van der Waals surface area contributed by atoms with E-state index < -0.39 is 0 Å². The van der Waals surface area contributed by atoms with Crippen LogP contribution in [0.5, 0.6) is 0 Å². The van der Waals surface area contributed by atoms with Crippen molar-refractivity contribution in [2.45, 2.75) is 13.8 Å². The van der Waals surface area contributed by atoms with E-state index in [4.69, 9.17) is 22.7 Å². The Balaban J connectivity index is 1.73. The monoisotopic (exact) mass is 342 g/mol. The number of anilines is 1. The van der Waals surface area contributed by atoms with Gasteiger partial charge in [-0.25, -0.2) is 0 Å². The molecule has 22 heavy (non-hydrogen) atoms. The number of morpholine rings is 1. The molecule has 0 atom stereocenters. The minimum atomic E-state index is 0.507. The summed E-state index contributed by atoms with van der Waals surface area (Å²) in [6.07, 6.45) is 0. The van der Waals surface area contributed by atoms with Crippen molar-refractivity contribution in [2.24, 2.45) is 5.10 Å². The van der Waals surface area contributed by atoms with Gasteiger partial charge in [-0.3, -0.25) is 10.3 Å². The highest BCUT2D eigenvalue weighted by Crippen LogP contribution is 2.21. The van der Waals surface area contributed by atoms with Gasteiger partial charge in [0.2, 0.25) is 0 Å². The molecule has 0 spiro atoms. The fourth-order valence-electron chi connectivity index (χ4n) is 2.21. The predicted molar refractivity (Wildman–Crippen MR) is 94.5 cm³/mol. The number of hydrazone groups is 1. The number of aryl methyl sites for hydroxylation is 1. The number of hydrogen-bond acceptors (Lipinski definition) is 7. The first-order valence-electron chi connectivity index (χ1n) is 7.18. The number of rotatable bonds is 5. The SMILES string of the molecule is C/C(=N/NC(=S)NCCN1CCOCC1)c1c(C)nsc1N. The number of nitrogens with two attached hydrogens (primary N) is 1. The summed E-state index contributed by atoms with van der Waals surface area (Å²) in [6, 6.07) is 0.